The summed E-state index contributed by atoms with van der Waals surface area (Å²) in [5.74, 6) is 0.809. The first kappa shape index (κ1) is 20.1. The fourth-order valence-electron chi connectivity index (χ4n) is 3.61. The number of piperazine rings is 1. The third-order valence-electron chi connectivity index (χ3n) is 5.17. The van der Waals surface area contributed by atoms with Crippen LogP contribution in [0.5, 0.6) is 0 Å². The van der Waals surface area contributed by atoms with Crippen LogP contribution >= 0.6 is 11.3 Å². The standard InChI is InChI=1S/C21H23N5O3S/c1-29-21(28)24-17(13-15-5-3-2-4-6-15)20(27)26-10-8-25(9-11-26)19-18-16(7-12-30-18)22-14-23-19/h2-7,12,14,17H,8-11,13H2,1H3,(H,24,28). The molecule has 1 aromatic carbocycles. The monoisotopic (exact) mass is 425 g/mol. The predicted molar refractivity (Wildman–Crippen MR) is 116 cm³/mol. The molecule has 156 valence electrons. The molecule has 0 bridgehead atoms. The van der Waals surface area contributed by atoms with E-state index < -0.39 is 12.1 Å². The summed E-state index contributed by atoms with van der Waals surface area (Å²) in [6.07, 6.45) is 1.39. The maximum absolute atomic E-state index is 13.2. The first-order valence-electron chi connectivity index (χ1n) is 9.76. The minimum absolute atomic E-state index is 0.104. The van der Waals surface area contributed by atoms with Crippen LogP contribution in [0.1, 0.15) is 5.56 Å². The molecule has 4 rings (SSSR count). The number of hydrogen-bond donors (Lipinski definition) is 1. The van der Waals surface area contributed by atoms with Crippen LogP contribution in [0.25, 0.3) is 10.2 Å². The van der Waals surface area contributed by atoms with E-state index in [1.165, 1.54) is 7.11 Å². The summed E-state index contributed by atoms with van der Waals surface area (Å²) < 4.78 is 5.78. The van der Waals surface area contributed by atoms with E-state index in [1.807, 2.05) is 41.8 Å². The zero-order valence-electron chi connectivity index (χ0n) is 16.7. The number of thiophene rings is 1. The average Bonchev–Trinajstić information content (AvgIpc) is 3.28. The van der Waals surface area contributed by atoms with Gasteiger partial charge >= 0.3 is 6.09 Å². The van der Waals surface area contributed by atoms with Crippen molar-refractivity contribution < 1.29 is 14.3 Å². The van der Waals surface area contributed by atoms with E-state index >= 15 is 0 Å². The molecule has 3 heterocycles. The molecule has 0 aliphatic carbocycles. The number of fused-ring (bicyclic) bond motifs is 1. The fourth-order valence-corrected chi connectivity index (χ4v) is 4.47. The molecule has 0 radical (unpaired) electrons. The van der Waals surface area contributed by atoms with Crippen molar-refractivity contribution in [3.05, 3.63) is 53.7 Å². The number of methoxy groups -OCH3 is 1. The minimum atomic E-state index is -0.672. The van der Waals surface area contributed by atoms with Gasteiger partial charge in [-0.1, -0.05) is 30.3 Å². The van der Waals surface area contributed by atoms with Crippen LogP contribution in [-0.2, 0) is 16.0 Å². The molecule has 3 aromatic rings. The Balaban J connectivity index is 1.44. The molecule has 1 fully saturated rings. The highest BCUT2D eigenvalue weighted by Crippen LogP contribution is 2.28. The molecule has 8 nitrogen and oxygen atoms in total. The number of nitrogens with zero attached hydrogens (tertiary/aromatic N) is 4. The Labute approximate surface area is 178 Å². The Kier molecular flexibility index (Phi) is 6.08. The number of carbonyl (C=O) groups excluding carboxylic acids is 2. The normalized spacial score (nSPS) is 15.1. The predicted octanol–water partition coefficient (Wildman–Crippen LogP) is 2.31. The number of aromatic nitrogens is 2. The average molecular weight is 426 g/mol. The van der Waals surface area contributed by atoms with Gasteiger partial charge < -0.3 is 19.9 Å². The number of nitrogens with one attached hydrogen (secondary N) is 1. The van der Waals surface area contributed by atoms with Crippen LogP contribution in [0.3, 0.4) is 0 Å². The SMILES string of the molecule is COC(=O)NC(Cc1ccccc1)C(=O)N1CCN(c2ncnc3ccsc23)CC1. The van der Waals surface area contributed by atoms with Crippen molar-refractivity contribution in [2.45, 2.75) is 12.5 Å². The number of hydrogen-bond acceptors (Lipinski definition) is 7. The van der Waals surface area contributed by atoms with Crippen molar-refractivity contribution in [1.82, 2.24) is 20.2 Å². The largest absolute Gasteiger partial charge is 0.453 e. The summed E-state index contributed by atoms with van der Waals surface area (Å²) >= 11 is 1.62. The second-order valence-corrected chi connectivity index (χ2v) is 7.94. The quantitative estimate of drug-likeness (QED) is 0.675. The van der Waals surface area contributed by atoms with Crippen LogP contribution in [0.15, 0.2) is 48.1 Å². The Morgan fingerprint density at radius 3 is 2.63 bits per heavy atom. The Bertz CT molecular complexity index is 1020. The van der Waals surface area contributed by atoms with Crippen LogP contribution < -0.4 is 10.2 Å². The first-order chi connectivity index (χ1) is 14.7. The third-order valence-corrected chi connectivity index (χ3v) is 6.07. The van der Waals surface area contributed by atoms with Crippen molar-refractivity contribution in [1.29, 1.82) is 0 Å². The van der Waals surface area contributed by atoms with Crippen molar-refractivity contribution in [2.75, 3.05) is 38.2 Å². The van der Waals surface area contributed by atoms with E-state index in [9.17, 15) is 9.59 Å². The summed E-state index contributed by atoms with van der Waals surface area (Å²) in [5.41, 5.74) is 1.92. The molecule has 1 saturated heterocycles. The molecule has 1 aliphatic heterocycles. The third kappa shape index (κ3) is 4.35. The van der Waals surface area contributed by atoms with Crippen molar-refractivity contribution >= 4 is 39.4 Å². The summed E-state index contributed by atoms with van der Waals surface area (Å²) in [6, 6.07) is 11.0. The smallest absolute Gasteiger partial charge is 0.407 e. The van der Waals surface area contributed by atoms with Gasteiger partial charge in [0.05, 0.1) is 17.3 Å². The number of carbonyl (C=O) groups is 2. The van der Waals surface area contributed by atoms with E-state index in [2.05, 4.69) is 20.2 Å². The van der Waals surface area contributed by atoms with Gasteiger partial charge in [0, 0.05) is 32.6 Å². The van der Waals surface area contributed by atoms with E-state index in [4.69, 9.17) is 4.74 Å². The molecule has 2 aromatic heterocycles. The van der Waals surface area contributed by atoms with Gasteiger partial charge in [-0.15, -0.1) is 11.3 Å². The molecule has 0 saturated carbocycles. The highest BCUT2D eigenvalue weighted by atomic mass is 32.1. The number of ether oxygens (including phenoxy) is 1. The first-order valence-corrected chi connectivity index (χ1v) is 10.6. The highest BCUT2D eigenvalue weighted by Gasteiger charge is 2.30. The molecular weight excluding hydrogens is 402 g/mol. The molecule has 1 atom stereocenters. The van der Waals surface area contributed by atoms with Gasteiger partial charge in [0.15, 0.2) is 0 Å². The van der Waals surface area contributed by atoms with Crippen molar-refractivity contribution in [3.63, 3.8) is 0 Å². The number of anilines is 1. The van der Waals surface area contributed by atoms with Gasteiger partial charge in [-0.25, -0.2) is 14.8 Å². The number of rotatable bonds is 5. The summed E-state index contributed by atoms with van der Waals surface area (Å²) in [7, 11) is 1.30. The van der Waals surface area contributed by atoms with Gasteiger partial charge in [0.1, 0.15) is 18.2 Å². The van der Waals surface area contributed by atoms with Gasteiger partial charge in [-0.2, -0.15) is 0 Å². The Morgan fingerprint density at radius 2 is 1.90 bits per heavy atom. The molecule has 2 amide bonds. The lowest BCUT2D eigenvalue weighted by atomic mass is 10.0. The van der Waals surface area contributed by atoms with E-state index in [0.717, 1.165) is 21.6 Å². The fraction of sp³-hybridized carbons (Fsp3) is 0.333. The van der Waals surface area contributed by atoms with Crippen LogP contribution in [0, 0.1) is 0 Å². The van der Waals surface area contributed by atoms with Crippen LogP contribution in [0.2, 0.25) is 0 Å². The van der Waals surface area contributed by atoms with E-state index in [1.54, 1.807) is 22.6 Å². The molecule has 30 heavy (non-hydrogen) atoms. The second-order valence-electron chi connectivity index (χ2n) is 7.02. The van der Waals surface area contributed by atoms with Gasteiger partial charge in [-0.3, -0.25) is 4.79 Å². The Morgan fingerprint density at radius 1 is 1.13 bits per heavy atom. The van der Waals surface area contributed by atoms with E-state index in [-0.39, 0.29) is 5.91 Å². The molecule has 9 heteroatoms. The lowest BCUT2D eigenvalue weighted by molar-refractivity contribution is -0.133. The Hall–Kier alpha value is -3.20. The van der Waals surface area contributed by atoms with E-state index in [0.29, 0.717) is 32.6 Å². The molecule has 0 spiro atoms. The summed E-state index contributed by atoms with van der Waals surface area (Å²) in [6.45, 7) is 2.46. The lowest BCUT2D eigenvalue weighted by Crippen LogP contribution is -2.55. The maximum Gasteiger partial charge on any atom is 0.407 e. The topological polar surface area (TPSA) is 87.7 Å². The lowest BCUT2D eigenvalue weighted by Gasteiger charge is -2.37. The van der Waals surface area contributed by atoms with Gasteiger partial charge in [-0.05, 0) is 17.0 Å². The van der Waals surface area contributed by atoms with Crippen LogP contribution in [-0.4, -0.2) is 66.2 Å². The summed E-state index contributed by atoms with van der Waals surface area (Å²) in [4.78, 5) is 37.7. The molecule has 1 unspecified atom stereocenters. The number of benzene rings is 1. The molecular formula is C21H23N5O3S. The zero-order chi connectivity index (χ0) is 20.9. The second kappa shape index (κ2) is 9.08. The molecule has 1 aliphatic rings. The highest BCUT2D eigenvalue weighted by molar-refractivity contribution is 7.17. The molecule has 1 N–H and O–H groups in total. The number of alkyl carbamates (subject to hydrolysis) is 1. The summed E-state index contributed by atoms with van der Waals surface area (Å²) in [5, 5.41) is 4.70. The zero-order valence-corrected chi connectivity index (χ0v) is 17.5. The van der Waals surface area contributed by atoms with Crippen molar-refractivity contribution in [3.8, 4) is 0 Å². The van der Waals surface area contributed by atoms with Crippen LogP contribution in [0.4, 0.5) is 10.6 Å². The minimum Gasteiger partial charge on any atom is -0.453 e. The van der Waals surface area contributed by atoms with Gasteiger partial charge in [0.25, 0.3) is 0 Å². The van der Waals surface area contributed by atoms with Crippen molar-refractivity contribution in [2.24, 2.45) is 0 Å². The number of amides is 2. The maximum atomic E-state index is 13.2. The van der Waals surface area contributed by atoms with Gasteiger partial charge in [0.2, 0.25) is 5.91 Å².